The highest BCUT2D eigenvalue weighted by atomic mass is 32.1. The summed E-state index contributed by atoms with van der Waals surface area (Å²) in [5.41, 5.74) is 2.05. The van der Waals surface area contributed by atoms with Gasteiger partial charge in [0, 0.05) is 11.1 Å². The van der Waals surface area contributed by atoms with Crippen molar-refractivity contribution in [1.29, 1.82) is 0 Å². The van der Waals surface area contributed by atoms with E-state index in [0.29, 0.717) is 28.4 Å². The molecule has 0 radical (unpaired) electrons. The molecular weight excluding hydrogens is 394 g/mol. The van der Waals surface area contributed by atoms with Gasteiger partial charge in [0.1, 0.15) is 17.3 Å². The summed E-state index contributed by atoms with van der Waals surface area (Å²) in [7, 11) is 0. The number of hydrogen-bond donors (Lipinski definition) is 2. The van der Waals surface area contributed by atoms with E-state index in [0.717, 1.165) is 21.7 Å². The number of hydrogen-bond acceptors (Lipinski definition) is 8. The fraction of sp³-hybridized carbons (Fsp3) is 0.158. The van der Waals surface area contributed by atoms with Crippen molar-refractivity contribution < 1.29 is 9.53 Å². The summed E-state index contributed by atoms with van der Waals surface area (Å²) < 4.78 is 6.45. The van der Waals surface area contributed by atoms with E-state index in [9.17, 15) is 4.79 Å². The molecule has 4 aromatic rings. The van der Waals surface area contributed by atoms with E-state index in [4.69, 9.17) is 4.74 Å². The highest BCUT2D eigenvalue weighted by Gasteiger charge is 2.14. The van der Waals surface area contributed by atoms with E-state index >= 15 is 0 Å². The van der Waals surface area contributed by atoms with Gasteiger partial charge in [0.25, 0.3) is 5.91 Å². The maximum atomic E-state index is 12.5. The summed E-state index contributed by atoms with van der Waals surface area (Å²) in [5.74, 6) is 1.18. The Morgan fingerprint density at radius 3 is 2.86 bits per heavy atom. The van der Waals surface area contributed by atoms with Crippen LogP contribution in [0, 0.1) is 6.92 Å². The molecule has 0 atom stereocenters. The summed E-state index contributed by atoms with van der Waals surface area (Å²) >= 11 is 2.74. The quantitative estimate of drug-likeness (QED) is 0.471. The molecule has 0 unspecified atom stereocenters. The van der Waals surface area contributed by atoms with Gasteiger partial charge < -0.3 is 10.1 Å². The lowest BCUT2D eigenvalue weighted by Crippen LogP contribution is -2.12. The Balaban J connectivity index is 1.46. The molecule has 1 amide bonds. The fourth-order valence-electron chi connectivity index (χ4n) is 2.53. The number of aromatic nitrogens is 3. The number of ether oxygens (including phenoxy) is 1. The normalized spacial score (nSPS) is 10.8. The lowest BCUT2D eigenvalue weighted by molar-refractivity contribution is 0.102. The number of thiazole rings is 2. The van der Waals surface area contributed by atoms with Gasteiger partial charge in [-0.1, -0.05) is 17.4 Å². The summed E-state index contributed by atoms with van der Waals surface area (Å²) in [6.45, 7) is 4.46. The van der Waals surface area contributed by atoms with Crippen LogP contribution in [0.25, 0.3) is 10.2 Å². The van der Waals surface area contributed by atoms with E-state index in [1.807, 2.05) is 50.2 Å². The molecule has 0 spiro atoms. The lowest BCUT2D eigenvalue weighted by atomic mass is 10.3. The average Bonchev–Trinajstić information content (AvgIpc) is 3.28. The molecule has 0 bridgehead atoms. The zero-order valence-corrected chi connectivity index (χ0v) is 16.9. The van der Waals surface area contributed by atoms with Crippen molar-refractivity contribution in [3.63, 3.8) is 0 Å². The van der Waals surface area contributed by atoms with Gasteiger partial charge in [-0.2, -0.15) is 0 Å². The van der Waals surface area contributed by atoms with E-state index in [2.05, 4.69) is 25.6 Å². The van der Waals surface area contributed by atoms with E-state index in [-0.39, 0.29) is 5.91 Å². The summed E-state index contributed by atoms with van der Waals surface area (Å²) in [6, 6.07) is 11.4. The zero-order chi connectivity index (χ0) is 19.5. The van der Waals surface area contributed by atoms with Crippen molar-refractivity contribution in [1.82, 2.24) is 15.0 Å². The van der Waals surface area contributed by atoms with Crippen LogP contribution in [0.15, 0.2) is 41.8 Å². The van der Waals surface area contributed by atoms with Gasteiger partial charge in [0.15, 0.2) is 10.3 Å². The van der Waals surface area contributed by atoms with Crippen LogP contribution >= 0.6 is 22.7 Å². The van der Waals surface area contributed by atoms with Crippen LogP contribution < -0.4 is 15.4 Å². The first-order chi connectivity index (χ1) is 13.6. The molecule has 0 saturated heterocycles. The third-order valence-electron chi connectivity index (χ3n) is 3.75. The molecular formula is C19H17N5O2S2. The molecule has 9 heteroatoms. The van der Waals surface area contributed by atoms with Crippen molar-refractivity contribution >= 4 is 54.9 Å². The number of fused-ring (bicyclic) bond motifs is 1. The molecule has 1 aromatic carbocycles. The van der Waals surface area contributed by atoms with Crippen molar-refractivity contribution in [2.75, 3.05) is 17.2 Å². The predicted molar refractivity (Wildman–Crippen MR) is 113 cm³/mol. The molecule has 2 N–H and O–H groups in total. The predicted octanol–water partition coefficient (Wildman–Crippen LogP) is 4.85. The van der Waals surface area contributed by atoms with Crippen molar-refractivity contribution in [3.05, 3.63) is 53.2 Å². The van der Waals surface area contributed by atoms with Gasteiger partial charge in [0.05, 0.1) is 16.8 Å². The number of aryl methyl sites for hydroxylation is 1. The third-order valence-corrected chi connectivity index (χ3v) is 5.44. The Bertz CT molecular complexity index is 1140. The first-order valence-corrected chi connectivity index (χ1v) is 10.3. The van der Waals surface area contributed by atoms with Gasteiger partial charge in [0.2, 0.25) is 0 Å². The van der Waals surface area contributed by atoms with Crippen LogP contribution in [0.4, 0.5) is 16.1 Å². The largest absolute Gasteiger partial charge is 0.494 e. The van der Waals surface area contributed by atoms with E-state index < -0.39 is 0 Å². The molecule has 4 rings (SSSR count). The highest BCUT2D eigenvalue weighted by molar-refractivity contribution is 7.22. The number of amides is 1. The van der Waals surface area contributed by atoms with Crippen LogP contribution in [0.1, 0.15) is 23.1 Å². The molecule has 7 nitrogen and oxygen atoms in total. The molecule has 0 aliphatic rings. The van der Waals surface area contributed by atoms with Crippen LogP contribution in [0.5, 0.6) is 5.75 Å². The van der Waals surface area contributed by atoms with Gasteiger partial charge in [-0.25, -0.2) is 15.0 Å². The van der Waals surface area contributed by atoms with Gasteiger partial charge in [-0.15, -0.1) is 11.3 Å². The minimum atomic E-state index is -0.300. The molecule has 0 aliphatic heterocycles. The Morgan fingerprint density at radius 2 is 2.04 bits per heavy atom. The number of benzene rings is 1. The molecule has 0 fully saturated rings. The Hall–Kier alpha value is -3.04. The Morgan fingerprint density at radius 1 is 1.14 bits per heavy atom. The van der Waals surface area contributed by atoms with Gasteiger partial charge in [-0.05, 0) is 44.2 Å². The van der Waals surface area contributed by atoms with Crippen LogP contribution in [0.3, 0.4) is 0 Å². The first-order valence-electron chi connectivity index (χ1n) is 8.61. The van der Waals surface area contributed by atoms with Crippen molar-refractivity contribution in [2.24, 2.45) is 0 Å². The highest BCUT2D eigenvalue weighted by Crippen LogP contribution is 2.30. The second-order valence-corrected chi connectivity index (χ2v) is 7.75. The van der Waals surface area contributed by atoms with E-state index in [1.165, 1.54) is 22.7 Å². The van der Waals surface area contributed by atoms with Crippen LogP contribution in [-0.4, -0.2) is 27.5 Å². The number of rotatable bonds is 6. The molecule has 3 heterocycles. The molecule has 28 heavy (non-hydrogen) atoms. The minimum Gasteiger partial charge on any atom is -0.494 e. The number of carbonyl (C=O) groups is 1. The van der Waals surface area contributed by atoms with Gasteiger partial charge >= 0.3 is 0 Å². The molecule has 0 aliphatic carbocycles. The maximum absolute atomic E-state index is 12.5. The second-order valence-electron chi connectivity index (χ2n) is 5.86. The minimum absolute atomic E-state index is 0.300. The number of anilines is 3. The Kier molecular flexibility index (Phi) is 5.18. The topological polar surface area (TPSA) is 89.0 Å². The number of nitrogens with one attached hydrogen (secondary N) is 2. The summed E-state index contributed by atoms with van der Waals surface area (Å²) in [5, 5.41) is 8.76. The maximum Gasteiger partial charge on any atom is 0.276 e. The average molecular weight is 412 g/mol. The van der Waals surface area contributed by atoms with Gasteiger partial charge in [-0.3, -0.25) is 10.1 Å². The summed E-state index contributed by atoms with van der Waals surface area (Å²) in [4.78, 5) is 25.7. The zero-order valence-electron chi connectivity index (χ0n) is 15.2. The first kappa shape index (κ1) is 18.3. The van der Waals surface area contributed by atoms with E-state index in [1.54, 1.807) is 5.38 Å². The van der Waals surface area contributed by atoms with Crippen molar-refractivity contribution in [2.45, 2.75) is 13.8 Å². The monoisotopic (exact) mass is 411 g/mol. The SMILES string of the molecule is CCOc1ccc2nc(NC(=O)c3csc(Nc4cccc(C)n4)n3)sc2c1. The number of nitrogens with zero attached hydrogens (tertiary/aromatic N) is 3. The third kappa shape index (κ3) is 4.10. The smallest absolute Gasteiger partial charge is 0.276 e. The summed E-state index contributed by atoms with van der Waals surface area (Å²) in [6.07, 6.45) is 0. The molecule has 142 valence electrons. The van der Waals surface area contributed by atoms with Crippen LogP contribution in [0.2, 0.25) is 0 Å². The molecule has 3 aromatic heterocycles. The number of pyridine rings is 1. The molecule has 0 saturated carbocycles. The fourth-order valence-corrected chi connectivity index (χ4v) is 4.12. The Labute approximate surface area is 169 Å². The number of carbonyl (C=O) groups excluding carboxylic acids is 1. The standard InChI is InChI=1S/C19H17N5O2S2/c1-3-26-12-7-8-13-15(9-12)28-19(21-13)24-17(25)14-10-27-18(22-14)23-16-6-4-5-11(2)20-16/h4-10H,3H2,1-2H3,(H,20,22,23)(H,21,24,25). The lowest BCUT2D eigenvalue weighted by Gasteiger charge is -2.01. The second kappa shape index (κ2) is 7.91. The van der Waals surface area contributed by atoms with Crippen molar-refractivity contribution in [3.8, 4) is 5.75 Å². The van der Waals surface area contributed by atoms with Crippen LogP contribution in [-0.2, 0) is 0 Å².